The molecular formula is C12H11BrClN3. The lowest BCUT2D eigenvalue weighted by molar-refractivity contribution is 0.666. The molecule has 1 atom stereocenters. The van der Waals surface area contributed by atoms with Crippen molar-refractivity contribution in [1.29, 1.82) is 0 Å². The van der Waals surface area contributed by atoms with Gasteiger partial charge >= 0.3 is 0 Å². The molecule has 1 N–H and O–H groups in total. The van der Waals surface area contributed by atoms with E-state index in [4.69, 9.17) is 11.6 Å². The highest BCUT2D eigenvalue weighted by molar-refractivity contribution is 9.10. The van der Waals surface area contributed by atoms with Crippen LogP contribution < -0.4 is 5.32 Å². The minimum Gasteiger partial charge on any atom is -0.308 e. The molecule has 1 aromatic carbocycles. The van der Waals surface area contributed by atoms with Gasteiger partial charge in [-0.05, 0) is 34.6 Å². The Labute approximate surface area is 113 Å². The van der Waals surface area contributed by atoms with E-state index in [1.54, 1.807) is 18.6 Å². The SMILES string of the molecule is CNC(c1cnccn1)c1cccc(Br)c1Cl. The summed E-state index contributed by atoms with van der Waals surface area (Å²) in [6.07, 6.45) is 5.06. The Morgan fingerprint density at radius 1 is 1.35 bits per heavy atom. The van der Waals surface area contributed by atoms with Gasteiger partial charge in [0, 0.05) is 16.9 Å². The standard InChI is InChI=1S/C12H11BrClN3/c1-15-12(10-7-16-5-6-17-10)8-3-2-4-9(13)11(8)14/h2-7,12,15H,1H3. The number of rotatable bonds is 3. The molecule has 0 radical (unpaired) electrons. The number of benzene rings is 1. The maximum absolute atomic E-state index is 6.28. The van der Waals surface area contributed by atoms with Gasteiger partial charge in [0.2, 0.25) is 0 Å². The van der Waals surface area contributed by atoms with Crippen LogP contribution in [0.15, 0.2) is 41.3 Å². The zero-order valence-corrected chi connectivity index (χ0v) is 11.5. The van der Waals surface area contributed by atoms with Gasteiger partial charge in [-0.25, -0.2) is 0 Å². The second kappa shape index (κ2) is 5.58. The highest BCUT2D eigenvalue weighted by Gasteiger charge is 2.17. The topological polar surface area (TPSA) is 37.8 Å². The highest BCUT2D eigenvalue weighted by atomic mass is 79.9. The zero-order valence-electron chi connectivity index (χ0n) is 9.19. The zero-order chi connectivity index (χ0) is 12.3. The summed E-state index contributed by atoms with van der Waals surface area (Å²) in [5.41, 5.74) is 1.82. The molecular weight excluding hydrogens is 302 g/mol. The van der Waals surface area contributed by atoms with Crippen LogP contribution in [0.5, 0.6) is 0 Å². The van der Waals surface area contributed by atoms with Gasteiger partial charge in [-0.15, -0.1) is 0 Å². The first kappa shape index (κ1) is 12.5. The lowest BCUT2D eigenvalue weighted by Crippen LogP contribution is -2.19. The van der Waals surface area contributed by atoms with Gasteiger partial charge < -0.3 is 5.32 Å². The molecule has 0 amide bonds. The van der Waals surface area contributed by atoms with Crippen LogP contribution in [0.2, 0.25) is 5.02 Å². The largest absolute Gasteiger partial charge is 0.308 e. The molecule has 1 aromatic heterocycles. The summed E-state index contributed by atoms with van der Waals surface area (Å²) in [4.78, 5) is 8.37. The van der Waals surface area contributed by atoms with Gasteiger partial charge in [-0.3, -0.25) is 9.97 Å². The van der Waals surface area contributed by atoms with Crippen molar-refractivity contribution >= 4 is 27.5 Å². The van der Waals surface area contributed by atoms with Crippen LogP contribution in [-0.4, -0.2) is 17.0 Å². The Bertz CT molecular complexity index is 504. The van der Waals surface area contributed by atoms with E-state index in [1.807, 2.05) is 25.2 Å². The third kappa shape index (κ3) is 2.65. The molecule has 0 saturated carbocycles. The molecule has 2 rings (SSSR count). The summed E-state index contributed by atoms with van der Waals surface area (Å²) in [6.45, 7) is 0. The Morgan fingerprint density at radius 2 is 2.18 bits per heavy atom. The van der Waals surface area contributed by atoms with Crippen LogP contribution >= 0.6 is 27.5 Å². The van der Waals surface area contributed by atoms with E-state index in [1.165, 1.54) is 0 Å². The van der Waals surface area contributed by atoms with Crippen LogP contribution in [-0.2, 0) is 0 Å². The van der Waals surface area contributed by atoms with E-state index >= 15 is 0 Å². The van der Waals surface area contributed by atoms with E-state index in [0.717, 1.165) is 15.7 Å². The molecule has 1 heterocycles. The molecule has 0 aliphatic carbocycles. The normalized spacial score (nSPS) is 12.4. The Kier molecular flexibility index (Phi) is 4.10. The van der Waals surface area contributed by atoms with E-state index in [-0.39, 0.29) is 6.04 Å². The number of nitrogens with one attached hydrogen (secondary N) is 1. The smallest absolute Gasteiger partial charge is 0.0801 e. The van der Waals surface area contributed by atoms with Crippen molar-refractivity contribution in [1.82, 2.24) is 15.3 Å². The fraction of sp³-hybridized carbons (Fsp3) is 0.167. The van der Waals surface area contributed by atoms with Crippen molar-refractivity contribution in [2.24, 2.45) is 0 Å². The third-order valence-electron chi connectivity index (χ3n) is 2.46. The van der Waals surface area contributed by atoms with Gasteiger partial charge in [0.05, 0.1) is 23.0 Å². The summed E-state index contributed by atoms with van der Waals surface area (Å²) in [7, 11) is 1.87. The van der Waals surface area contributed by atoms with Gasteiger partial charge in [0.15, 0.2) is 0 Å². The number of hydrogen-bond donors (Lipinski definition) is 1. The molecule has 5 heteroatoms. The first-order valence-electron chi connectivity index (χ1n) is 5.11. The molecule has 0 fully saturated rings. The fourth-order valence-electron chi connectivity index (χ4n) is 1.67. The average Bonchev–Trinajstić information content (AvgIpc) is 2.37. The molecule has 0 aliphatic rings. The highest BCUT2D eigenvalue weighted by Crippen LogP contribution is 2.32. The number of halogens is 2. The second-order valence-corrected chi connectivity index (χ2v) is 4.73. The molecule has 0 bridgehead atoms. The van der Waals surface area contributed by atoms with Crippen molar-refractivity contribution in [3.05, 3.63) is 57.5 Å². The number of aromatic nitrogens is 2. The van der Waals surface area contributed by atoms with Gasteiger partial charge in [0.25, 0.3) is 0 Å². The number of hydrogen-bond acceptors (Lipinski definition) is 3. The fourth-order valence-corrected chi connectivity index (χ4v) is 2.28. The molecule has 0 aliphatic heterocycles. The molecule has 17 heavy (non-hydrogen) atoms. The van der Waals surface area contributed by atoms with Crippen molar-refractivity contribution in [3.63, 3.8) is 0 Å². The van der Waals surface area contributed by atoms with Crippen LogP contribution in [0.4, 0.5) is 0 Å². The number of nitrogens with zero attached hydrogens (tertiary/aromatic N) is 2. The Morgan fingerprint density at radius 3 is 2.82 bits per heavy atom. The second-order valence-electron chi connectivity index (χ2n) is 3.50. The summed E-state index contributed by atoms with van der Waals surface area (Å²) in [5.74, 6) is 0. The molecule has 1 unspecified atom stereocenters. The quantitative estimate of drug-likeness (QED) is 0.946. The van der Waals surface area contributed by atoms with Crippen molar-refractivity contribution < 1.29 is 0 Å². The summed E-state index contributed by atoms with van der Waals surface area (Å²) >= 11 is 9.70. The van der Waals surface area contributed by atoms with E-state index in [9.17, 15) is 0 Å². The van der Waals surface area contributed by atoms with Crippen LogP contribution in [0.1, 0.15) is 17.3 Å². The van der Waals surface area contributed by atoms with Crippen molar-refractivity contribution in [2.45, 2.75) is 6.04 Å². The van der Waals surface area contributed by atoms with E-state index in [0.29, 0.717) is 5.02 Å². The predicted octanol–water partition coefficient (Wildman–Crippen LogP) is 3.20. The Balaban J connectivity index is 2.46. The van der Waals surface area contributed by atoms with Crippen LogP contribution in [0.3, 0.4) is 0 Å². The van der Waals surface area contributed by atoms with Crippen LogP contribution in [0.25, 0.3) is 0 Å². The van der Waals surface area contributed by atoms with Gasteiger partial charge in [0.1, 0.15) is 0 Å². The predicted molar refractivity (Wildman–Crippen MR) is 72.1 cm³/mol. The lowest BCUT2D eigenvalue weighted by Gasteiger charge is -2.17. The average molecular weight is 313 g/mol. The minimum absolute atomic E-state index is 0.0614. The lowest BCUT2D eigenvalue weighted by atomic mass is 10.0. The van der Waals surface area contributed by atoms with Gasteiger partial charge in [-0.1, -0.05) is 23.7 Å². The summed E-state index contributed by atoms with van der Waals surface area (Å²) in [5, 5.41) is 3.89. The molecule has 3 nitrogen and oxygen atoms in total. The third-order valence-corrected chi connectivity index (χ3v) is 3.77. The maximum atomic E-state index is 6.28. The Hall–Kier alpha value is -0.970. The maximum Gasteiger partial charge on any atom is 0.0801 e. The van der Waals surface area contributed by atoms with Crippen molar-refractivity contribution in [2.75, 3.05) is 7.05 Å². The first-order chi connectivity index (χ1) is 8.24. The monoisotopic (exact) mass is 311 g/mol. The minimum atomic E-state index is -0.0614. The van der Waals surface area contributed by atoms with Crippen molar-refractivity contribution in [3.8, 4) is 0 Å². The molecule has 88 valence electrons. The molecule has 0 saturated heterocycles. The van der Waals surface area contributed by atoms with Gasteiger partial charge in [-0.2, -0.15) is 0 Å². The van der Waals surface area contributed by atoms with E-state index in [2.05, 4.69) is 31.2 Å². The first-order valence-corrected chi connectivity index (χ1v) is 6.28. The summed E-state index contributed by atoms with van der Waals surface area (Å²) < 4.78 is 0.876. The molecule has 0 spiro atoms. The summed E-state index contributed by atoms with van der Waals surface area (Å²) in [6, 6.07) is 5.78. The van der Waals surface area contributed by atoms with E-state index < -0.39 is 0 Å². The van der Waals surface area contributed by atoms with Crippen LogP contribution in [0, 0.1) is 0 Å². The molecule has 2 aromatic rings.